The van der Waals surface area contributed by atoms with Crippen molar-refractivity contribution in [2.75, 3.05) is 43.9 Å². The van der Waals surface area contributed by atoms with Crippen LogP contribution in [-0.2, 0) is 0 Å². The molecular weight excluding hydrogens is 302 g/mol. The molecule has 0 aromatic heterocycles. The summed E-state index contributed by atoms with van der Waals surface area (Å²) in [5, 5.41) is 3.80. The van der Waals surface area contributed by atoms with E-state index >= 15 is 0 Å². The molecule has 2 aliphatic heterocycles. The lowest BCUT2D eigenvalue weighted by molar-refractivity contribution is 0.255. The first-order valence-corrected chi connectivity index (χ1v) is 7.88. The smallest absolute Gasteiger partial charge is 0.0597 e. The minimum Gasteiger partial charge on any atom is -0.380 e. The molecule has 2 saturated heterocycles. The Bertz CT molecular complexity index is 461. The second-order valence-corrected chi connectivity index (χ2v) is 6.86. The van der Waals surface area contributed by atoms with Crippen LogP contribution in [0.15, 0.2) is 22.7 Å². The van der Waals surface area contributed by atoms with Crippen LogP contribution < -0.4 is 10.2 Å². The van der Waals surface area contributed by atoms with E-state index in [-0.39, 0.29) is 0 Å². The molecule has 2 aliphatic rings. The molecule has 1 aromatic carbocycles. The fourth-order valence-corrected chi connectivity index (χ4v) is 3.72. The lowest BCUT2D eigenvalue weighted by Gasteiger charge is -2.33. The lowest BCUT2D eigenvalue weighted by atomic mass is 9.94. The topological polar surface area (TPSA) is 18.5 Å². The fourth-order valence-electron chi connectivity index (χ4n) is 3.36. The third-order valence-corrected chi connectivity index (χ3v) is 4.91. The maximum absolute atomic E-state index is 3.80. The van der Waals surface area contributed by atoms with Gasteiger partial charge in [0.1, 0.15) is 0 Å². The highest BCUT2D eigenvalue weighted by molar-refractivity contribution is 9.10. The average molecular weight is 324 g/mol. The van der Waals surface area contributed by atoms with E-state index in [1.54, 1.807) is 0 Å². The number of hydrogen-bond acceptors (Lipinski definition) is 3. The first-order valence-electron chi connectivity index (χ1n) is 7.09. The van der Waals surface area contributed by atoms with Crippen LogP contribution in [0.5, 0.6) is 0 Å². The van der Waals surface area contributed by atoms with E-state index in [0.29, 0.717) is 6.04 Å². The number of halogens is 1. The van der Waals surface area contributed by atoms with Gasteiger partial charge in [-0.25, -0.2) is 0 Å². The molecular formula is C15H22BrN3. The van der Waals surface area contributed by atoms with Gasteiger partial charge in [-0.05, 0) is 43.5 Å². The summed E-state index contributed by atoms with van der Waals surface area (Å²) in [6.07, 6.45) is 2.62. The van der Waals surface area contributed by atoms with Gasteiger partial charge in [-0.3, -0.25) is 0 Å². The second-order valence-electron chi connectivity index (χ2n) is 5.94. The summed E-state index contributed by atoms with van der Waals surface area (Å²) in [6, 6.07) is 7.12. The highest BCUT2D eigenvalue weighted by Gasteiger charge is 2.34. The predicted molar refractivity (Wildman–Crippen MR) is 85.0 cm³/mol. The number of fused-ring (bicyclic) bond motifs is 2. The summed E-state index contributed by atoms with van der Waals surface area (Å²) in [4.78, 5) is 4.77. The van der Waals surface area contributed by atoms with Crippen LogP contribution in [0.3, 0.4) is 0 Å². The van der Waals surface area contributed by atoms with Crippen molar-refractivity contribution in [2.24, 2.45) is 5.92 Å². The predicted octanol–water partition coefficient (Wildman–Crippen LogP) is 3.02. The summed E-state index contributed by atoms with van der Waals surface area (Å²) in [5.41, 5.74) is 2.52. The molecule has 0 radical (unpaired) electrons. The standard InChI is InChI=1S/C15H22BrN3/c1-18(2)15-4-3-12(16)9-14(15)17-13-6-8-19-7-5-11(13)10-19/h3-4,9,11,13,17H,5-8,10H2,1-2H3. The van der Waals surface area contributed by atoms with Crippen molar-refractivity contribution in [3.05, 3.63) is 22.7 Å². The summed E-state index contributed by atoms with van der Waals surface area (Å²) in [5.74, 6) is 0.822. The Morgan fingerprint density at radius 3 is 2.84 bits per heavy atom. The molecule has 3 unspecified atom stereocenters. The van der Waals surface area contributed by atoms with E-state index in [2.05, 4.69) is 63.3 Å². The minimum absolute atomic E-state index is 0.631. The molecule has 0 spiro atoms. The van der Waals surface area contributed by atoms with Crippen molar-refractivity contribution in [3.8, 4) is 0 Å². The number of nitrogens with one attached hydrogen (secondary N) is 1. The molecule has 19 heavy (non-hydrogen) atoms. The number of piperidine rings is 1. The van der Waals surface area contributed by atoms with Gasteiger partial charge in [0, 0.05) is 37.7 Å². The zero-order valence-electron chi connectivity index (χ0n) is 11.7. The van der Waals surface area contributed by atoms with Crippen molar-refractivity contribution >= 4 is 27.3 Å². The number of anilines is 2. The minimum atomic E-state index is 0.631. The quantitative estimate of drug-likeness (QED) is 0.922. The summed E-state index contributed by atoms with van der Waals surface area (Å²) < 4.78 is 1.14. The van der Waals surface area contributed by atoms with Gasteiger partial charge < -0.3 is 15.1 Å². The van der Waals surface area contributed by atoms with E-state index in [9.17, 15) is 0 Å². The third-order valence-electron chi connectivity index (χ3n) is 4.42. The molecule has 3 nitrogen and oxygen atoms in total. The highest BCUT2D eigenvalue weighted by atomic mass is 79.9. The van der Waals surface area contributed by atoms with E-state index < -0.39 is 0 Å². The molecule has 1 aromatic rings. The van der Waals surface area contributed by atoms with Crippen LogP contribution in [0, 0.1) is 5.92 Å². The van der Waals surface area contributed by atoms with E-state index in [4.69, 9.17) is 0 Å². The molecule has 1 N–H and O–H groups in total. The molecule has 2 fully saturated rings. The van der Waals surface area contributed by atoms with Crippen LogP contribution in [0.1, 0.15) is 12.8 Å². The van der Waals surface area contributed by atoms with Crippen LogP contribution in [0.25, 0.3) is 0 Å². The molecule has 0 amide bonds. The Kier molecular flexibility index (Phi) is 3.72. The summed E-state index contributed by atoms with van der Waals surface area (Å²) in [7, 11) is 4.21. The molecule has 3 atom stereocenters. The van der Waals surface area contributed by atoms with Crippen molar-refractivity contribution in [1.29, 1.82) is 0 Å². The van der Waals surface area contributed by atoms with E-state index in [0.717, 1.165) is 10.4 Å². The number of benzene rings is 1. The maximum Gasteiger partial charge on any atom is 0.0597 e. The van der Waals surface area contributed by atoms with Gasteiger partial charge in [0.15, 0.2) is 0 Å². The second kappa shape index (κ2) is 5.33. The normalized spacial score (nSPS) is 29.3. The van der Waals surface area contributed by atoms with Crippen LogP contribution in [0.2, 0.25) is 0 Å². The van der Waals surface area contributed by atoms with Crippen molar-refractivity contribution < 1.29 is 0 Å². The van der Waals surface area contributed by atoms with Crippen molar-refractivity contribution in [2.45, 2.75) is 18.9 Å². The summed E-state index contributed by atoms with van der Waals surface area (Å²) in [6.45, 7) is 3.82. The van der Waals surface area contributed by atoms with E-state index in [1.807, 2.05) is 0 Å². The molecule has 0 aliphatic carbocycles. The summed E-state index contributed by atoms with van der Waals surface area (Å²) >= 11 is 3.58. The van der Waals surface area contributed by atoms with Gasteiger partial charge in [-0.1, -0.05) is 15.9 Å². The molecule has 2 heterocycles. The number of hydrogen-bond donors (Lipinski definition) is 1. The Hall–Kier alpha value is -0.740. The Morgan fingerprint density at radius 2 is 2.05 bits per heavy atom. The van der Waals surface area contributed by atoms with Crippen LogP contribution in [-0.4, -0.2) is 44.7 Å². The highest BCUT2D eigenvalue weighted by Crippen LogP contribution is 2.33. The van der Waals surface area contributed by atoms with Crippen LogP contribution >= 0.6 is 15.9 Å². The van der Waals surface area contributed by atoms with Crippen LogP contribution in [0.4, 0.5) is 11.4 Å². The van der Waals surface area contributed by atoms with Gasteiger partial charge in [-0.15, -0.1) is 0 Å². The van der Waals surface area contributed by atoms with Crippen molar-refractivity contribution in [3.63, 3.8) is 0 Å². The molecule has 104 valence electrons. The first-order chi connectivity index (χ1) is 9.13. The van der Waals surface area contributed by atoms with Crippen molar-refractivity contribution in [1.82, 2.24) is 4.90 Å². The van der Waals surface area contributed by atoms with Gasteiger partial charge in [-0.2, -0.15) is 0 Å². The Balaban J connectivity index is 1.80. The maximum atomic E-state index is 3.80. The zero-order chi connectivity index (χ0) is 13.4. The monoisotopic (exact) mass is 323 g/mol. The Labute approximate surface area is 124 Å². The van der Waals surface area contributed by atoms with Gasteiger partial charge in [0.2, 0.25) is 0 Å². The molecule has 2 bridgehead atoms. The largest absolute Gasteiger partial charge is 0.380 e. The fraction of sp³-hybridized carbons (Fsp3) is 0.600. The average Bonchev–Trinajstić information content (AvgIpc) is 2.75. The number of rotatable bonds is 3. The number of nitrogens with zero attached hydrogens (tertiary/aromatic N) is 2. The lowest BCUT2D eigenvalue weighted by Crippen LogP contribution is -2.39. The SMILES string of the molecule is CN(C)c1ccc(Br)cc1NC1CCN2CCC1C2. The molecule has 0 saturated carbocycles. The molecule has 3 rings (SSSR count). The van der Waals surface area contributed by atoms with Gasteiger partial charge in [0.05, 0.1) is 11.4 Å². The third kappa shape index (κ3) is 2.75. The van der Waals surface area contributed by atoms with Gasteiger partial charge in [0.25, 0.3) is 0 Å². The zero-order valence-corrected chi connectivity index (χ0v) is 13.3. The molecule has 4 heteroatoms. The van der Waals surface area contributed by atoms with E-state index in [1.165, 1.54) is 43.9 Å². The first kappa shape index (κ1) is 13.3. The Morgan fingerprint density at radius 1 is 1.26 bits per heavy atom. The van der Waals surface area contributed by atoms with Gasteiger partial charge >= 0.3 is 0 Å².